The van der Waals surface area contributed by atoms with Gasteiger partial charge in [-0.15, -0.1) is 0 Å². The lowest BCUT2D eigenvalue weighted by atomic mass is 9.71. The number of nitrogens with zero attached hydrogens (tertiary/aromatic N) is 1. The van der Waals surface area contributed by atoms with Crippen molar-refractivity contribution in [2.75, 3.05) is 6.54 Å². The summed E-state index contributed by atoms with van der Waals surface area (Å²) in [5.74, 6) is 0.812. The summed E-state index contributed by atoms with van der Waals surface area (Å²) in [5.41, 5.74) is 6.67. The van der Waals surface area contributed by atoms with E-state index in [2.05, 4.69) is 5.18 Å². The van der Waals surface area contributed by atoms with Crippen LogP contribution in [-0.4, -0.2) is 12.6 Å². The molecule has 2 N–H and O–H groups in total. The Bertz CT molecular complexity index is 346. The summed E-state index contributed by atoms with van der Waals surface area (Å²) in [6.45, 7) is 0.562. The minimum Gasteiger partial charge on any atom is -0.327 e. The van der Waals surface area contributed by atoms with Gasteiger partial charge >= 0.3 is 0 Å². The first-order valence-electron chi connectivity index (χ1n) is 11.3. The Hall–Kier alpha value is -0.440. The van der Waals surface area contributed by atoms with E-state index in [0.717, 1.165) is 5.92 Å². The van der Waals surface area contributed by atoms with Crippen LogP contribution >= 0.6 is 0 Å². The van der Waals surface area contributed by atoms with Crippen molar-refractivity contribution in [1.29, 1.82) is 0 Å². The minimum absolute atomic E-state index is 0.271. The lowest BCUT2D eigenvalue weighted by Gasteiger charge is -2.35. The summed E-state index contributed by atoms with van der Waals surface area (Å²) in [5, 5.41) is 3.26. The Labute approximate surface area is 155 Å². The van der Waals surface area contributed by atoms with Crippen LogP contribution in [0.15, 0.2) is 5.18 Å². The van der Waals surface area contributed by atoms with Crippen LogP contribution in [0.2, 0.25) is 0 Å². The second kappa shape index (κ2) is 12.0. The van der Waals surface area contributed by atoms with Crippen LogP contribution in [0.25, 0.3) is 0 Å². The summed E-state index contributed by atoms with van der Waals surface area (Å²) < 4.78 is 0. The molecule has 1 unspecified atom stereocenters. The van der Waals surface area contributed by atoms with Crippen molar-refractivity contribution in [3.8, 4) is 0 Å². The summed E-state index contributed by atoms with van der Waals surface area (Å²) in [4.78, 5) is 10.8. The van der Waals surface area contributed by atoms with Gasteiger partial charge in [0.25, 0.3) is 0 Å². The van der Waals surface area contributed by atoms with Crippen molar-refractivity contribution in [1.82, 2.24) is 0 Å². The molecule has 0 amide bonds. The quantitative estimate of drug-likeness (QED) is 0.313. The number of hydrogen-bond donors (Lipinski definition) is 1. The molecule has 0 aliphatic heterocycles. The molecule has 0 heterocycles. The molecule has 2 aliphatic rings. The van der Waals surface area contributed by atoms with Gasteiger partial charge in [0.15, 0.2) is 0 Å². The maximum atomic E-state index is 10.8. The van der Waals surface area contributed by atoms with Gasteiger partial charge in [-0.05, 0) is 49.9 Å². The largest absolute Gasteiger partial charge is 0.327 e. The molecule has 1 atom stereocenters. The van der Waals surface area contributed by atoms with E-state index in [1.807, 2.05) is 0 Å². The van der Waals surface area contributed by atoms with Gasteiger partial charge in [0.05, 0.1) is 6.54 Å². The molecule has 2 aliphatic carbocycles. The molecule has 0 aromatic carbocycles. The van der Waals surface area contributed by atoms with Crippen molar-refractivity contribution in [2.45, 2.75) is 122 Å². The van der Waals surface area contributed by atoms with Crippen molar-refractivity contribution in [3.63, 3.8) is 0 Å². The third-order valence-corrected chi connectivity index (χ3v) is 7.06. The lowest BCUT2D eigenvalue weighted by Crippen LogP contribution is -2.31. The van der Waals surface area contributed by atoms with Crippen LogP contribution in [0.5, 0.6) is 0 Å². The second-order valence-electron chi connectivity index (χ2n) is 9.07. The highest BCUT2D eigenvalue weighted by atomic mass is 16.3. The number of unbranched alkanes of at least 4 members (excludes halogenated alkanes) is 5. The zero-order valence-electron chi connectivity index (χ0n) is 16.5. The Kier molecular flexibility index (Phi) is 10.0. The third-order valence-electron chi connectivity index (χ3n) is 7.06. The Morgan fingerprint density at radius 2 is 1.44 bits per heavy atom. The molecule has 0 saturated heterocycles. The molecule has 0 aromatic heterocycles. The van der Waals surface area contributed by atoms with Crippen LogP contribution < -0.4 is 5.73 Å². The van der Waals surface area contributed by atoms with Crippen LogP contribution in [0, 0.1) is 16.2 Å². The van der Waals surface area contributed by atoms with E-state index in [1.54, 1.807) is 0 Å². The van der Waals surface area contributed by atoms with E-state index in [-0.39, 0.29) is 5.41 Å². The lowest BCUT2D eigenvalue weighted by molar-refractivity contribution is 0.176. The maximum Gasteiger partial charge on any atom is 0.0867 e. The van der Waals surface area contributed by atoms with Crippen LogP contribution in [0.1, 0.15) is 116 Å². The average molecular weight is 351 g/mol. The van der Waals surface area contributed by atoms with Crippen molar-refractivity contribution >= 4 is 0 Å². The van der Waals surface area contributed by atoms with Gasteiger partial charge < -0.3 is 5.73 Å². The summed E-state index contributed by atoms with van der Waals surface area (Å²) in [7, 11) is 0. The highest BCUT2D eigenvalue weighted by Gasteiger charge is 2.31. The highest BCUT2D eigenvalue weighted by Crippen LogP contribution is 2.41. The number of hydrogen-bond acceptors (Lipinski definition) is 3. The fourth-order valence-electron chi connectivity index (χ4n) is 5.31. The van der Waals surface area contributed by atoms with Gasteiger partial charge in [0, 0.05) is 6.04 Å². The van der Waals surface area contributed by atoms with Crippen molar-refractivity contribution < 1.29 is 0 Å². The van der Waals surface area contributed by atoms with Crippen LogP contribution in [-0.2, 0) is 0 Å². The normalized spacial score (nSPS) is 22.6. The summed E-state index contributed by atoms with van der Waals surface area (Å²) in [6.07, 6.45) is 23.9. The second-order valence-corrected chi connectivity index (χ2v) is 9.07. The molecular weight excluding hydrogens is 308 g/mol. The standard InChI is InChI=1S/C22H42N2O/c23-21(20-13-7-5-8-14-20)15-9-3-1-2-4-10-16-22(19-24-25)17-11-6-12-18-22/h20-21H,1-19,23H2. The molecule has 0 spiro atoms. The SMILES string of the molecule is NC(CCCCCCCCC1(CN=O)CCCCC1)C1CCCCC1. The Balaban J connectivity index is 1.46. The molecule has 3 heteroatoms. The molecule has 0 bridgehead atoms. The zero-order chi connectivity index (χ0) is 17.8. The predicted octanol–water partition coefficient (Wildman–Crippen LogP) is 6.73. The zero-order valence-corrected chi connectivity index (χ0v) is 16.5. The average Bonchev–Trinajstić information content (AvgIpc) is 2.65. The van der Waals surface area contributed by atoms with Crippen LogP contribution in [0.4, 0.5) is 0 Å². The van der Waals surface area contributed by atoms with Crippen molar-refractivity contribution in [3.05, 3.63) is 4.91 Å². The summed E-state index contributed by atoms with van der Waals surface area (Å²) >= 11 is 0. The number of nitroso groups, excluding NO2 is 1. The van der Waals surface area contributed by atoms with Gasteiger partial charge in [-0.1, -0.05) is 82.2 Å². The molecular formula is C22H42N2O. The van der Waals surface area contributed by atoms with Crippen molar-refractivity contribution in [2.24, 2.45) is 22.2 Å². The molecule has 25 heavy (non-hydrogen) atoms. The minimum atomic E-state index is 0.271. The van der Waals surface area contributed by atoms with Gasteiger partial charge in [0.1, 0.15) is 0 Å². The topological polar surface area (TPSA) is 55.4 Å². The Morgan fingerprint density at radius 1 is 0.840 bits per heavy atom. The first-order chi connectivity index (χ1) is 12.3. The van der Waals surface area contributed by atoms with Gasteiger partial charge in [0.2, 0.25) is 0 Å². The van der Waals surface area contributed by atoms with E-state index >= 15 is 0 Å². The fraction of sp³-hybridized carbons (Fsp3) is 1.00. The fourth-order valence-corrected chi connectivity index (χ4v) is 5.31. The molecule has 146 valence electrons. The summed E-state index contributed by atoms with van der Waals surface area (Å²) in [6, 6.07) is 0.460. The third kappa shape index (κ3) is 7.76. The number of rotatable bonds is 12. The molecule has 0 radical (unpaired) electrons. The van der Waals surface area contributed by atoms with E-state index < -0.39 is 0 Å². The van der Waals surface area contributed by atoms with E-state index in [1.165, 1.54) is 116 Å². The first kappa shape index (κ1) is 20.9. The molecule has 2 rings (SSSR count). The maximum absolute atomic E-state index is 10.8. The van der Waals surface area contributed by atoms with Gasteiger partial charge in [-0.25, -0.2) is 0 Å². The van der Waals surface area contributed by atoms with E-state index in [0.29, 0.717) is 12.6 Å². The molecule has 3 nitrogen and oxygen atoms in total. The molecule has 2 fully saturated rings. The first-order valence-corrected chi connectivity index (χ1v) is 11.3. The van der Waals surface area contributed by atoms with Gasteiger partial charge in [-0.2, -0.15) is 4.91 Å². The molecule has 0 aromatic rings. The highest BCUT2D eigenvalue weighted by molar-refractivity contribution is 4.84. The smallest absolute Gasteiger partial charge is 0.0867 e. The molecule has 2 saturated carbocycles. The Morgan fingerprint density at radius 3 is 2.12 bits per heavy atom. The van der Waals surface area contributed by atoms with E-state index in [9.17, 15) is 4.91 Å². The van der Waals surface area contributed by atoms with Gasteiger partial charge in [-0.3, -0.25) is 0 Å². The number of nitrogens with two attached hydrogens (primary N) is 1. The van der Waals surface area contributed by atoms with Crippen LogP contribution in [0.3, 0.4) is 0 Å². The predicted molar refractivity (Wildman–Crippen MR) is 108 cm³/mol. The monoisotopic (exact) mass is 350 g/mol. The van der Waals surface area contributed by atoms with E-state index in [4.69, 9.17) is 5.73 Å².